The molecule has 0 aliphatic heterocycles. The molecule has 6 heteroatoms. The number of hydrogen-bond acceptors (Lipinski definition) is 3. The van der Waals surface area contributed by atoms with E-state index < -0.39 is 5.97 Å². The standard InChI is InChI=1S/C13H17ClN2O3/c1-8(3-2-6-15)12(17)16-11-5-4-9(14)7-10(11)13(18)19/h4-5,7-8H,2-3,6,15H2,1H3,(H,16,17)(H,18,19). The van der Waals surface area contributed by atoms with Crippen molar-refractivity contribution in [3.05, 3.63) is 28.8 Å². The molecule has 1 amide bonds. The van der Waals surface area contributed by atoms with Gasteiger partial charge in [-0.1, -0.05) is 18.5 Å². The number of aromatic carboxylic acids is 1. The van der Waals surface area contributed by atoms with E-state index in [1.54, 1.807) is 6.92 Å². The maximum atomic E-state index is 11.9. The average Bonchev–Trinajstić information content (AvgIpc) is 2.37. The molecular formula is C13H17ClN2O3. The molecule has 0 aliphatic rings. The monoisotopic (exact) mass is 284 g/mol. The van der Waals surface area contributed by atoms with E-state index in [0.717, 1.165) is 6.42 Å². The zero-order valence-corrected chi connectivity index (χ0v) is 11.4. The number of halogens is 1. The summed E-state index contributed by atoms with van der Waals surface area (Å²) in [4.78, 5) is 23.0. The van der Waals surface area contributed by atoms with E-state index in [-0.39, 0.29) is 23.1 Å². The highest BCUT2D eigenvalue weighted by molar-refractivity contribution is 6.31. The van der Waals surface area contributed by atoms with Crippen LogP contribution in [-0.2, 0) is 4.79 Å². The van der Waals surface area contributed by atoms with Crippen molar-refractivity contribution in [1.29, 1.82) is 0 Å². The Kier molecular flexibility index (Phi) is 5.79. The van der Waals surface area contributed by atoms with Gasteiger partial charge in [-0.05, 0) is 37.6 Å². The van der Waals surface area contributed by atoms with Crippen molar-refractivity contribution in [3.8, 4) is 0 Å². The first-order valence-corrected chi connectivity index (χ1v) is 6.37. The van der Waals surface area contributed by atoms with E-state index >= 15 is 0 Å². The molecule has 4 N–H and O–H groups in total. The largest absolute Gasteiger partial charge is 0.478 e. The van der Waals surface area contributed by atoms with Crippen molar-refractivity contribution in [3.63, 3.8) is 0 Å². The molecule has 0 radical (unpaired) electrons. The second kappa shape index (κ2) is 7.11. The maximum Gasteiger partial charge on any atom is 0.337 e. The van der Waals surface area contributed by atoms with Gasteiger partial charge in [-0.15, -0.1) is 0 Å². The first-order valence-electron chi connectivity index (χ1n) is 5.99. The Morgan fingerprint density at radius 3 is 2.74 bits per heavy atom. The molecule has 0 heterocycles. The number of nitrogens with two attached hydrogens (primary N) is 1. The lowest BCUT2D eigenvalue weighted by Gasteiger charge is -2.13. The molecule has 1 rings (SSSR count). The van der Waals surface area contributed by atoms with Crippen LogP contribution in [0.15, 0.2) is 18.2 Å². The van der Waals surface area contributed by atoms with Crippen LogP contribution in [0.1, 0.15) is 30.1 Å². The third-order valence-electron chi connectivity index (χ3n) is 2.76. The Balaban J connectivity index is 2.81. The zero-order valence-electron chi connectivity index (χ0n) is 10.6. The number of carbonyl (C=O) groups is 2. The first kappa shape index (κ1) is 15.5. The van der Waals surface area contributed by atoms with E-state index in [1.807, 2.05) is 0 Å². The fourth-order valence-electron chi connectivity index (χ4n) is 1.61. The van der Waals surface area contributed by atoms with Crippen molar-refractivity contribution >= 4 is 29.2 Å². The number of carboxylic acids is 1. The van der Waals surface area contributed by atoms with Gasteiger partial charge in [-0.3, -0.25) is 4.79 Å². The van der Waals surface area contributed by atoms with E-state index in [0.29, 0.717) is 18.0 Å². The Labute approximate surface area is 116 Å². The van der Waals surface area contributed by atoms with Crippen molar-refractivity contribution in [2.45, 2.75) is 19.8 Å². The summed E-state index contributed by atoms with van der Waals surface area (Å²) in [6.45, 7) is 2.31. The number of carbonyl (C=O) groups excluding carboxylic acids is 1. The predicted molar refractivity (Wildman–Crippen MR) is 74.5 cm³/mol. The highest BCUT2D eigenvalue weighted by Gasteiger charge is 2.16. The van der Waals surface area contributed by atoms with Gasteiger partial charge in [-0.25, -0.2) is 4.79 Å². The normalized spacial score (nSPS) is 11.9. The summed E-state index contributed by atoms with van der Waals surface area (Å²) in [6.07, 6.45) is 1.42. The number of anilines is 1. The highest BCUT2D eigenvalue weighted by atomic mass is 35.5. The number of benzene rings is 1. The van der Waals surface area contributed by atoms with Crippen LogP contribution < -0.4 is 11.1 Å². The highest BCUT2D eigenvalue weighted by Crippen LogP contribution is 2.21. The molecule has 0 bridgehead atoms. The van der Waals surface area contributed by atoms with Crippen molar-refractivity contribution in [2.75, 3.05) is 11.9 Å². The van der Waals surface area contributed by atoms with Crippen LogP contribution in [0.25, 0.3) is 0 Å². The van der Waals surface area contributed by atoms with Gasteiger partial charge in [0.25, 0.3) is 0 Å². The molecule has 0 spiro atoms. The Morgan fingerprint density at radius 1 is 1.47 bits per heavy atom. The number of rotatable bonds is 6. The quantitative estimate of drug-likeness (QED) is 0.747. The topological polar surface area (TPSA) is 92.4 Å². The summed E-state index contributed by atoms with van der Waals surface area (Å²) >= 11 is 5.74. The molecule has 1 unspecified atom stereocenters. The Morgan fingerprint density at radius 2 is 2.16 bits per heavy atom. The first-order chi connectivity index (χ1) is 8.95. The van der Waals surface area contributed by atoms with Gasteiger partial charge in [0.2, 0.25) is 5.91 Å². The number of amides is 1. The molecule has 1 aromatic carbocycles. The van der Waals surface area contributed by atoms with Gasteiger partial charge in [0.05, 0.1) is 11.3 Å². The summed E-state index contributed by atoms with van der Waals surface area (Å²) < 4.78 is 0. The van der Waals surface area contributed by atoms with Crippen LogP contribution >= 0.6 is 11.6 Å². The summed E-state index contributed by atoms with van der Waals surface area (Å²) in [5.74, 6) is -1.58. The lowest BCUT2D eigenvalue weighted by Crippen LogP contribution is -2.22. The minimum absolute atomic E-state index is 0.0214. The van der Waals surface area contributed by atoms with Crippen molar-refractivity contribution in [2.24, 2.45) is 11.7 Å². The van der Waals surface area contributed by atoms with E-state index in [2.05, 4.69) is 5.32 Å². The molecule has 0 aliphatic carbocycles. The summed E-state index contributed by atoms with van der Waals surface area (Å²) in [7, 11) is 0. The Bertz CT molecular complexity index is 477. The van der Waals surface area contributed by atoms with Gasteiger partial charge in [0.15, 0.2) is 0 Å². The van der Waals surface area contributed by atoms with Crippen LogP contribution in [0.3, 0.4) is 0 Å². The minimum Gasteiger partial charge on any atom is -0.478 e. The summed E-state index contributed by atoms with van der Waals surface area (Å²) in [5, 5.41) is 12.0. The van der Waals surface area contributed by atoms with Crippen LogP contribution in [0.5, 0.6) is 0 Å². The third-order valence-corrected chi connectivity index (χ3v) is 2.99. The number of hydrogen-bond donors (Lipinski definition) is 3. The SMILES string of the molecule is CC(CCCN)C(=O)Nc1ccc(Cl)cc1C(=O)O. The molecule has 0 saturated heterocycles. The molecule has 0 aromatic heterocycles. The molecule has 1 aromatic rings. The zero-order chi connectivity index (χ0) is 14.4. The van der Waals surface area contributed by atoms with Gasteiger partial charge in [0.1, 0.15) is 0 Å². The van der Waals surface area contributed by atoms with Gasteiger partial charge in [0, 0.05) is 10.9 Å². The average molecular weight is 285 g/mol. The second-order valence-corrected chi connectivity index (χ2v) is 4.75. The Hall–Kier alpha value is -1.59. The predicted octanol–water partition coefficient (Wildman–Crippen LogP) is 2.35. The lowest BCUT2D eigenvalue weighted by molar-refractivity contribution is -0.119. The van der Waals surface area contributed by atoms with E-state index in [9.17, 15) is 9.59 Å². The van der Waals surface area contributed by atoms with Crippen LogP contribution in [0.4, 0.5) is 5.69 Å². The second-order valence-electron chi connectivity index (χ2n) is 4.32. The number of carboxylic acid groups (broad SMARTS) is 1. The summed E-state index contributed by atoms with van der Waals surface area (Å²) in [6, 6.07) is 4.33. The molecular weight excluding hydrogens is 268 g/mol. The molecule has 1 atom stereocenters. The smallest absolute Gasteiger partial charge is 0.337 e. The van der Waals surface area contributed by atoms with Crippen molar-refractivity contribution < 1.29 is 14.7 Å². The molecule has 0 saturated carbocycles. The van der Waals surface area contributed by atoms with Gasteiger partial charge in [-0.2, -0.15) is 0 Å². The molecule has 5 nitrogen and oxygen atoms in total. The van der Waals surface area contributed by atoms with Gasteiger partial charge < -0.3 is 16.2 Å². The van der Waals surface area contributed by atoms with Crippen LogP contribution in [0.2, 0.25) is 5.02 Å². The van der Waals surface area contributed by atoms with E-state index in [1.165, 1.54) is 18.2 Å². The third kappa shape index (κ3) is 4.54. The van der Waals surface area contributed by atoms with Crippen LogP contribution in [0, 0.1) is 5.92 Å². The maximum absolute atomic E-state index is 11.9. The lowest BCUT2D eigenvalue weighted by atomic mass is 10.0. The minimum atomic E-state index is -1.13. The van der Waals surface area contributed by atoms with Gasteiger partial charge >= 0.3 is 5.97 Å². The molecule has 104 valence electrons. The fraction of sp³-hybridized carbons (Fsp3) is 0.385. The number of nitrogens with one attached hydrogen (secondary N) is 1. The summed E-state index contributed by atoms with van der Waals surface area (Å²) in [5.41, 5.74) is 5.62. The van der Waals surface area contributed by atoms with E-state index in [4.69, 9.17) is 22.4 Å². The molecule has 19 heavy (non-hydrogen) atoms. The van der Waals surface area contributed by atoms with Crippen LogP contribution in [-0.4, -0.2) is 23.5 Å². The molecule has 0 fully saturated rings. The fourth-order valence-corrected chi connectivity index (χ4v) is 1.79. The van der Waals surface area contributed by atoms with Crippen molar-refractivity contribution in [1.82, 2.24) is 0 Å².